The van der Waals surface area contributed by atoms with E-state index in [1.165, 1.54) is 31.6 Å². The molecule has 0 aliphatic heterocycles. The van der Waals surface area contributed by atoms with Crippen molar-refractivity contribution in [2.24, 2.45) is 7.05 Å². The fraction of sp³-hybridized carbons (Fsp3) is 0.238. The number of nitrogens with one attached hydrogen (secondary N) is 1. The van der Waals surface area contributed by atoms with Crippen molar-refractivity contribution in [2.75, 3.05) is 5.32 Å². The number of aromatic carboxylic acids is 1. The van der Waals surface area contributed by atoms with Gasteiger partial charge in [0.2, 0.25) is 5.75 Å². The molecule has 1 aliphatic rings. The number of fused-ring (bicyclic) bond motifs is 1. The third kappa shape index (κ3) is 3.32. The van der Waals surface area contributed by atoms with Crippen LogP contribution < -0.4 is 10.9 Å². The van der Waals surface area contributed by atoms with Crippen LogP contribution >= 0.6 is 0 Å². The van der Waals surface area contributed by atoms with Crippen molar-refractivity contribution in [2.45, 2.75) is 25.3 Å². The van der Waals surface area contributed by atoms with Gasteiger partial charge in [-0.2, -0.15) is 0 Å². The van der Waals surface area contributed by atoms with Crippen molar-refractivity contribution in [3.05, 3.63) is 52.3 Å². The molecule has 5 rings (SSSR count). The molecule has 3 heterocycles. The molecule has 0 saturated heterocycles. The van der Waals surface area contributed by atoms with Gasteiger partial charge in [0.15, 0.2) is 17.3 Å². The van der Waals surface area contributed by atoms with Crippen LogP contribution in [-0.2, 0) is 7.05 Å². The molecule has 12 nitrogen and oxygen atoms in total. The van der Waals surface area contributed by atoms with E-state index in [0.29, 0.717) is 16.9 Å². The lowest BCUT2D eigenvalue weighted by atomic mass is 9.92. The highest BCUT2D eigenvalue weighted by atomic mass is 16.5. The number of anilines is 1. The smallest absolute Gasteiger partial charge is 0.335 e. The number of carboxylic acid groups (broad SMARTS) is 1. The van der Waals surface area contributed by atoms with E-state index in [9.17, 15) is 24.6 Å². The van der Waals surface area contributed by atoms with E-state index in [1.54, 1.807) is 6.07 Å². The zero-order chi connectivity index (χ0) is 23.3. The van der Waals surface area contributed by atoms with Crippen molar-refractivity contribution in [1.29, 1.82) is 0 Å². The molecule has 0 bridgehead atoms. The molecule has 1 aliphatic carbocycles. The number of carbonyl (C=O) groups is 2. The van der Waals surface area contributed by atoms with E-state index >= 15 is 0 Å². The Morgan fingerprint density at radius 2 is 2.00 bits per heavy atom. The van der Waals surface area contributed by atoms with Crippen molar-refractivity contribution in [3.63, 3.8) is 0 Å². The predicted octanol–water partition coefficient (Wildman–Crippen LogP) is 2.17. The van der Waals surface area contributed by atoms with Gasteiger partial charge in [-0.25, -0.2) is 14.8 Å². The number of benzene rings is 1. The molecule has 1 aromatic carbocycles. The molecule has 1 fully saturated rings. The number of hydrogen-bond acceptors (Lipinski definition) is 8. The summed E-state index contributed by atoms with van der Waals surface area (Å²) in [6, 6.07) is 4.70. The van der Waals surface area contributed by atoms with Gasteiger partial charge in [0.25, 0.3) is 11.5 Å². The summed E-state index contributed by atoms with van der Waals surface area (Å²) >= 11 is 0. The minimum atomic E-state index is -1.08. The van der Waals surface area contributed by atoms with Gasteiger partial charge < -0.3 is 24.6 Å². The molecule has 1 amide bonds. The van der Waals surface area contributed by atoms with Gasteiger partial charge in [0, 0.05) is 13.1 Å². The van der Waals surface area contributed by atoms with Crippen LogP contribution in [0.1, 0.15) is 46.2 Å². The van der Waals surface area contributed by atoms with Gasteiger partial charge in [0.05, 0.1) is 22.8 Å². The highest BCUT2D eigenvalue weighted by molar-refractivity contribution is 6.04. The summed E-state index contributed by atoms with van der Waals surface area (Å²) in [5.41, 5.74) is 0.119. The maximum atomic E-state index is 12.8. The van der Waals surface area contributed by atoms with Crippen molar-refractivity contribution < 1.29 is 24.3 Å². The van der Waals surface area contributed by atoms with Crippen LogP contribution in [0.3, 0.4) is 0 Å². The van der Waals surface area contributed by atoms with Crippen molar-refractivity contribution in [1.82, 2.24) is 24.3 Å². The summed E-state index contributed by atoms with van der Waals surface area (Å²) in [6.45, 7) is 0. The van der Waals surface area contributed by atoms with E-state index in [1.807, 2.05) is 4.57 Å². The highest BCUT2D eigenvalue weighted by Gasteiger charge is 2.29. The molecule has 12 heteroatoms. The molecule has 0 radical (unpaired) electrons. The van der Waals surface area contributed by atoms with E-state index in [0.717, 1.165) is 23.8 Å². The molecule has 33 heavy (non-hydrogen) atoms. The Hall–Kier alpha value is -4.48. The number of nitrogens with zero attached hydrogens (tertiary/aromatic N) is 5. The zero-order valence-electron chi connectivity index (χ0n) is 17.3. The third-order valence-electron chi connectivity index (χ3n) is 5.75. The molecular weight excluding hydrogens is 432 g/mol. The molecule has 3 aromatic heterocycles. The van der Waals surface area contributed by atoms with Gasteiger partial charge in [-0.15, -0.1) is 0 Å². The third-order valence-corrected chi connectivity index (χ3v) is 5.75. The zero-order valence-corrected chi connectivity index (χ0v) is 17.3. The van der Waals surface area contributed by atoms with Crippen LogP contribution in [-0.4, -0.2) is 46.3 Å². The van der Waals surface area contributed by atoms with E-state index in [4.69, 9.17) is 0 Å². The first-order valence-electron chi connectivity index (χ1n) is 10.1. The van der Waals surface area contributed by atoms with E-state index in [-0.39, 0.29) is 23.1 Å². The first kappa shape index (κ1) is 20.4. The maximum absolute atomic E-state index is 12.8. The van der Waals surface area contributed by atoms with Crippen LogP contribution in [0.25, 0.3) is 22.7 Å². The SMILES string of the molecule is Cn1c(-c2nc3cc(C(=O)O)ccc3n2C2CCC2)nc(C(=O)Nc2cnoc2)c(O)c1=O. The number of aromatic hydroxyl groups is 1. The number of rotatable bonds is 5. The summed E-state index contributed by atoms with van der Waals surface area (Å²) < 4.78 is 7.69. The monoisotopic (exact) mass is 450 g/mol. The highest BCUT2D eigenvalue weighted by Crippen LogP contribution is 2.38. The Bertz CT molecular complexity index is 1460. The topological polar surface area (TPSA) is 165 Å². The van der Waals surface area contributed by atoms with Gasteiger partial charge in [-0.05, 0) is 37.5 Å². The number of imidazole rings is 1. The molecule has 0 unspecified atom stereocenters. The van der Waals surface area contributed by atoms with Gasteiger partial charge in [-0.1, -0.05) is 5.16 Å². The molecule has 3 N–H and O–H groups in total. The van der Waals surface area contributed by atoms with Crippen LogP contribution in [0.2, 0.25) is 0 Å². The Morgan fingerprint density at radius 1 is 1.21 bits per heavy atom. The lowest BCUT2D eigenvalue weighted by molar-refractivity contribution is 0.0696. The molecule has 0 spiro atoms. The normalized spacial score (nSPS) is 13.7. The molecule has 0 atom stereocenters. The minimum absolute atomic E-state index is 0.0632. The standard InChI is InChI=1S/C21H18N6O6/c1-26-17(25-15(16(28)20(26)30)19(29)23-11-8-22-33-9-11)18-24-13-7-10(21(31)32)5-6-14(13)27(18)12-3-2-4-12/h5-9,12,28H,2-4H2,1H3,(H,23,29)(H,31,32). The van der Waals surface area contributed by atoms with Crippen LogP contribution in [0.15, 0.2) is 40.0 Å². The second-order valence-electron chi connectivity index (χ2n) is 7.76. The van der Waals surface area contributed by atoms with Crippen LogP contribution in [0, 0.1) is 0 Å². The average molecular weight is 450 g/mol. The Morgan fingerprint density at radius 3 is 2.64 bits per heavy atom. The largest absolute Gasteiger partial charge is 0.501 e. The van der Waals surface area contributed by atoms with Gasteiger partial charge in [0.1, 0.15) is 12.0 Å². The second-order valence-corrected chi connectivity index (χ2v) is 7.76. The number of amides is 1. The van der Waals surface area contributed by atoms with Crippen molar-refractivity contribution in [3.8, 4) is 17.4 Å². The Kier molecular flexibility index (Phi) is 4.69. The number of carbonyl (C=O) groups excluding carboxylic acids is 1. The summed E-state index contributed by atoms with van der Waals surface area (Å²) in [5.74, 6) is -2.35. The lowest BCUT2D eigenvalue weighted by Crippen LogP contribution is -2.27. The number of aromatic nitrogens is 5. The molecular formula is C21H18N6O6. The van der Waals surface area contributed by atoms with Gasteiger partial charge >= 0.3 is 5.97 Å². The predicted molar refractivity (Wildman–Crippen MR) is 114 cm³/mol. The number of hydrogen-bond donors (Lipinski definition) is 3. The summed E-state index contributed by atoms with van der Waals surface area (Å²) in [5, 5.41) is 25.6. The average Bonchev–Trinajstić information content (AvgIpc) is 3.39. The first-order valence-corrected chi connectivity index (χ1v) is 10.1. The lowest BCUT2D eigenvalue weighted by Gasteiger charge is -2.29. The van der Waals surface area contributed by atoms with E-state index < -0.39 is 28.9 Å². The van der Waals surface area contributed by atoms with Gasteiger partial charge in [-0.3, -0.25) is 14.2 Å². The first-order chi connectivity index (χ1) is 15.8. The Balaban J connectivity index is 1.70. The Labute approximate surface area is 185 Å². The second kappa shape index (κ2) is 7.58. The minimum Gasteiger partial charge on any atom is -0.501 e. The van der Waals surface area contributed by atoms with E-state index in [2.05, 4.69) is 25.0 Å². The van der Waals surface area contributed by atoms with Crippen LogP contribution in [0.5, 0.6) is 5.75 Å². The summed E-state index contributed by atoms with van der Waals surface area (Å²) in [4.78, 5) is 45.8. The number of carboxylic acids is 1. The maximum Gasteiger partial charge on any atom is 0.335 e. The molecule has 1 saturated carbocycles. The molecule has 4 aromatic rings. The van der Waals surface area contributed by atoms with Crippen LogP contribution in [0.4, 0.5) is 5.69 Å². The molecule has 168 valence electrons. The fourth-order valence-corrected chi connectivity index (χ4v) is 3.81. The summed E-state index contributed by atoms with van der Waals surface area (Å²) in [7, 11) is 1.42. The quantitative estimate of drug-likeness (QED) is 0.413. The fourth-order valence-electron chi connectivity index (χ4n) is 3.81. The summed E-state index contributed by atoms with van der Waals surface area (Å²) in [6.07, 6.45) is 5.23. The van der Waals surface area contributed by atoms with Crippen molar-refractivity contribution >= 4 is 28.6 Å².